The van der Waals surface area contributed by atoms with Gasteiger partial charge in [0.05, 0.1) is 25.2 Å². The quantitative estimate of drug-likeness (QED) is 0.0321. The first-order valence-corrected chi connectivity index (χ1v) is 30.9. The lowest BCUT2D eigenvalue weighted by Crippen LogP contribution is -2.46. The zero-order valence-corrected chi connectivity index (χ0v) is 46.3. The number of amides is 1. The van der Waals surface area contributed by atoms with Crippen LogP contribution in [0.5, 0.6) is 0 Å². The van der Waals surface area contributed by atoms with Gasteiger partial charge >= 0.3 is 5.97 Å². The zero-order valence-electron chi connectivity index (χ0n) is 46.3. The van der Waals surface area contributed by atoms with Crippen molar-refractivity contribution in [2.75, 3.05) is 6.61 Å². The summed E-state index contributed by atoms with van der Waals surface area (Å²) in [6.07, 6.45) is 65.7. The van der Waals surface area contributed by atoms with E-state index in [0.717, 1.165) is 44.9 Å². The predicted octanol–water partition coefficient (Wildman–Crippen LogP) is 19.2. The Morgan fingerprint density at radius 2 is 0.706 bits per heavy atom. The summed E-state index contributed by atoms with van der Waals surface area (Å²) >= 11 is 0. The highest BCUT2D eigenvalue weighted by molar-refractivity contribution is 5.77. The second-order valence-electron chi connectivity index (χ2n) is 21.5. The molecule has 0 rings (SSSR count). The monoisotopic (exact) mass is 960 g/mol. The molecule has 0 saturated carbocycles. The third kappa shape index (κ3) is 51.0. The SMILES string of the molecule is CCCCCCCC/C=C/CCCCCCCCCC(=O)OC(CCCCCCCCCCCCCCCCCCC)CC(=O)NC(CO)C(O)CCCCCCCCCCCCCCCCC. The van der Waals surface area contributed by atoms with Crippen LogP contribution in [0.4, 0.5) is 0 Å². The van der Waals surface area contributed by atoms with Crippen LogP contribution < -0.4 is 5.32 Å². The second-order valence-corrected chi connectivity index (χ2v) is 21.5. The Balaban J connectivity index is 4.50. The number of carbonyl (C=O) groups is 2. The van der Waals surface area contributed by atoms with Gasteiger partial charge in [-0.05, 0) is 51.4 Å². The highest BCUT2D eigenvalue weighted by atomic mass is 16.5. The smallest absolute Gasteiger partial charge is 0.306 e. The van der Waals surface area contributed by atoms with Crippen molar-refractivity contribution in [2.24, 2.45) is 0 Å². The van der Waals surface area contributed by atoms with Gasteiger partial charge in [0.1, 0.15) is 6.10 Å². The summed E-state index contributed by atoms with van der Waals surface area (Å²) in [7, 11) is 0. The molecule has 0 aliphatic rings. The van der Waals surface area contributed by atoms with Crippen molar-refractivity contribution in [3.05, 3.63) is 12.2 Å². The molecule has 0 aromatic heterocycles. The first-order chi connectivity index (χ1) is 33.5. The molecule has 3 N–H and O–H groups in total. The summed E-state index contributed by atoms with van der Waals surface area (Å²) in [6, 6.07) is -0.697. The molecule has 0 bridgehead atoms. The second kappa shape index (κ2) is 56.5. The van der Waals surface area contributed by atoms with Gasteiger partial charge in [0.2, 0.25) is 5.91 Å². The first-order valence-electron chi connectivity index (χ1n) is 30.9. The summed E-state index contributed by atoms with van der Waals surface area (Å²) in [4.78, 5) is 26.3. The van der Waals surface area contributed by atoms with Crippen LogP contribution in [0.1, 0.15) is 348 Å². The van der Waals surface area contributed by atoms with Gasteiger partial charge in [-0.3, -0.25) is 9.59 Å². The molecule has 1 amide bonds. The number of hydrogen-bond donors (Lipinski definition) is 3. The van der Waals surface area contributed by atoms with E-state index in [2.05, 4.69) is 38.2 Å². The van der Waals surface area contributed by atoms with Crippen LogP contribution >= 0.6 is 0 Å². The molecule has 0 heterocycles. The van der Waals surface area contributed by atoms with Crippen molar-refractivity contribution >= 4 is 11.9 Å². The molecule has 3 unspecified atom stereocenters. The largest absolute Gasteiger partial charge is 0.462 e. The molecule has 68 heavy (non-hydrogen) atoms. The Morgan fingerprint density at radius 3 is 1.04 bits per heavy atom. The van der Waals surface area contributed by atoms with E-state index in [0.29, 0.717) is 19.3 Å². The Bertz CT molecular complexity index is 1030. The first kappa shape index (κ1) is 66.6. The van der Waals surface area contributed by atoms with Crippen LogP contribution in [0.15, 0.2) is 12.2 Å². The number of unbranched alkanes of at least 4 members (excludes halogenated alkanes) is 43. The molecule has 0 aromatic rings. The van der Waals surface area contributed by atoms with E-state index >= 15 is 0 Å². The minimum absolute atomic E-state index is 0.0843. The number of carbonyl (C=O) groups excluding carboxylic acids is 2. The Hall–Kier alpha value is -1.40. The Labute approximate surface area is 425 Å². The Kier molecular flexibility index (Phi) is 55.3. The van der Waals surface area contributed by atoms with E-state index < -0.39 is 18.2 Å². The summed E-state index contributed by atoms with van der Waals surface area (Å²) in [5.41, 5.74) is 0. The van der Waals surface area contributed by atoms with Crippen molar-refractivity contribution in [3.8, 4) is 0 Å². The molecule has 6 nitrogen and oxygen atoms in total. The van der Waals surface area contributed by atoms with Crippen LogP contribution in [0.25, 0.3) is 0 Å². The number of allylic oxidation sites excluding steroid dienone is 2. The van der Waals surface area contributed by atoms with Crippen molar-refractivity contribution in [3.63, 3.8) is 0 Å². The molecule has 0 spiro atoms. The minimum atomic E-state index is -0.784. The number of aliphatic hydroxyl groups excluding tert-OH is 2. The summed E-state index contributed by atoms with van der Waals surface area (Å²) in [6.45, 7) is 6.54. The van der Waals surface area contributed by atoms with Gasteiger partial charge in [-0.2, -0.15) is 0 Å². The van der Waals surface area contributed by atoms with Crippen molar-refractivity contribution in [1.29, 1.82) is 0 Å². The molecule has 0 saturated heterocycles. The van der Waals surface area contributed by atoms with E-state index in [1.54, 1.807) is 0 Å². The van der Waals surface area contributed by atoms with E-state index in [4.69, 9.17) is 4.74 Å². The third-order valence-electron chi connectivity index (χ3n) is 14.6. The molecule has 3 atom stereocenters. The third-order valence-corrected chi connectivity index (χ3v) is 14.6. The average molecular weight is 961 g/mol. The molecule has 0 radical (unpaired) electrons. The maximum absolute atomic E-state index is 13.3. The van der Waals surface area contributed by atoms with Gasteiger partial charge in [0, 0.05) is 6.42 Å². The highest BCUT2D eigenvalue weighted by Gasteiger charge is 2.24. The molecule has 404 valence electrons. The zero-order chi connectivity index (χ0) is 49.5. The molecular weight excluding hydrogens is 839 g/mol. The lowest BCUT2D eigenvalue weighted by molar-refractivity contribution is -0.151. The molecule has 0 aliphatic heterocycles. The van der Waals surface area contributed by atoms with Gasteiger partial charge in [0.15, 0.2) is 0 Å². The molecular formula is C62H121NO5. The number of aliphatic hydroxyl groups is 2. The van der Waals surface area contributed by atoms with Gasteiger partial charge in [0.25, 0.3) is 0 Å². The van der Waals surface area contributed by atoms with E-state index in [-0.39, 0.29) is 24.9 Å². The van der Waals surface area contributed by atoms with Crippen molar-refractivity contribution in [2.45, 2.75) is 366 Å². The van der Waals surface area contributed by atoms with Crippen molar-refractivity contribution in [1.82, 2.24) is 5.32 Å². The highest BCUT2D eigenvalue weighted by Crippen LogP contribution is 2.19. The van der Waals surface area contributed by atoms with E-state index in [1.165, 1.54) is 257 Å². The fourth-order valence-electron chi connectivity index (χ4n) is 9.90. The van der Waals surface area contributed by atoms with Crippen LogP contribution in [0.3, 0.4) is 0 Å². The number of rotatable bonds is 57. The maximum Gasteiger partial charge on any atom is 0.306 e. The van der Waals surface area contributed by atoms with Crippen LogP contribution in [0.2, 0.25) is 0 Å². The van der Waals surface area contributed by atoms with Crippen LogP contribution in [0, 0.1) is 0 Å². The normalized spacial score (nSPS) is 13.1. The van der Waals surface area contributed by atoms with Crippen LogP contribution in [-0.2, 0) is 14.3 Å². The molecule has 6 heteroatoms. The van der Waals surface area contributed by atoms with E-state index in [1.807, 2.05) is 0 Å². The Morgan fingerprint density at radius 1 is 0.412 bits per heavy atom. The summed E-state index contributed by atoms with van der Waals surface area (Å²) in [5.74, 6) is -0.452. The number of hydrogen-bond acceptors (Lipinski definition) is 5. The minimum Gasteiger partial charge on any atom is -0.462 e. The van der Waals surface area contributed by atoms with E-state index in [9.17, 15) is 19.8 Å². The van der Waals surface area contributed by atoms with Gasteiger partial charge in [-0.1, -0.05) is 296 Å². The lowest BCUT2D eigenvalue weighted by Gasteiger charge is -2.24. The topological polar surface area (TPSA) is 95.9 Å². The van der Waals surface area contributed by atoms with Crippen LogP contribution in [-0.4, -0.2) is 46.9 Å². The lowest BCUT2D eigenvalue weighted by atomic mass is 10.0. The van der Waals surface area contributed by atoms with Gasteiger partial charge in [-0.25, -0.2) is 0 Å². The van der Waals surface area contributed by atoms with Crippen molar-refractivity contribution < 1.29 is 24.5 Å². The number of ether oxygens (including phenoxy) is 1. The predicted molar refractivity (Wildman–Crippen MR) is 297 cm³/mol. The fraction of sp³-hybridized carbons (Fsp3) is 0.935. The molecule has 0 aromatic carbocycles. The average Bonchev–Trinajstić information content (AvgIpc) is 3.33. The fourth-order valence-corrected chi connectivity index (χ4v) is 9.90. The number of nitrogens with one attached hydrogen (secondary N) is 1. The summed E-state index contributed by atoms with van der Waals surface area (Å²) < 4.78 is 5.98. The molecule has 0 fully saturated rings. The molecule has 0 aliphatic carbocycles. The standard InChI is InChI=1S/C62H121NO5/c1-4-7-10-13-16-19-22-25-28-30-33-35-38-41-44-47-50-53-58(68-62(67)55-52-49-46-43-40-37-34-31-29-26-23-20-17-14-11-8-5-2)56-61(66)63-59(57-64)60(65)54-51-48-45-42-39-36-32-27-24-21-18-15-12-9-6-3/h26,29,58-60,64-65H,4-25,27-28,30-57H2,1-3H3,(H,63,66)/b29-26+. The van der Waals surface area contributed by atoms with Gasteiger partial charge in [-0.15, -0.1) is 0 Å². The maximum atomic E-state index is 13.3. The summed E-state index contributed by atoms with van der Waals surface area (Å²) in [5, 5.41) is 23.9. The van der Waals surface area contributed by atoms with Gasteiger partial charge < -0.3 is 20.3 Å². The number of esters is 1.